The van der Waals surface area contributed by atoms with E-state index in [1.54, 1.807) is 11.5 Å². The minimum absolute atomic E-state index is 0.179. The molecule has 34 heavy (non-hydrogen) atoms. The van der Waals surface area contributed by atoms with Gasteiger partial charge in [-0.1, -0.05) is 23.3 Å². The average molecular weight is 507 g/mol. The van der Waals surface area contributed by atoms with Crippen molar-refractivity contribution in [1.82, 2.24) is 14.4 Å². The number of hydrogen-bond acceptors (Lipinski definition) is 7. The molecule has 0 aliphatic carbocycles. The molecule has 1 saturated heterocycles. The maximum atomic E-state index is 12.5. The lowest BCUT2D eigenvalue weighted by Gasteiger charge is -2.34. The SMILES string of the molecule is C#CCn1c(=NC(=O)CS(=O)(=O)CC(=O)N2CCN(C(=O)OCC)CC2)sc2cc(C)ccc21. The molecule has 12 heteroatoms. The smallest absolute Gasteiger partial charge is 0.409 e. The molecule has 0 spiro atoms. The minimum atomic E-state index is -4.03. The third kappa shape index (κ3) is 6.24. The summed E-state index contributed by atoms with van der Waals surface area (Å²) in [4.78, 5) is 43.8. The van der Waals surface area contributed by atoms with Gasteiger partial charge >= 0.3 is 6.09 Å². The van der Waals surface area contributed by atoms with Crippen molar-refractivity contribution < 1.29 is 27.5 Å². The summed E-state index contributed by atoms with van der Waals surface area (Å²) in [5, 5.41) is 0. The van der Waals surface area contributed by atoms with E-state index in [2.05, 4.69) is 10.9 Å². The van der Waals surface area contributed by atoms with Crippen LogP contribution in [0.4, 0.5) is 4.79 Å². The fourth-order valence-corrected chi connectivity index (χ4v) is 5.77. The maximum absolute atomic E-state index is 12.5. The third-order valence-corrected chi connectivity index (χ3v) is 7.57. The van der Waals surface area contributed by atoms with Gasteiger partial charge in [-0.2, -0.15) is 4.99 Å². The first-order chi connectivity index (χ1) is 16.1. The molecule has 1 aliphatic heterocycles. The van der Waals surface area contributed by atoms with Crippen LogP contribution < -0.4 is 4.80 Å². The summed E-state index contributed by atoms with van der Waals surface area (Å²) in [5.74, 6) is -0.652. The van der Waals surface area contributed by atoms with E-state index < -0.39 is 39.3 Å². The second-order valence-electron chi connectivity index (χ2n) is 7.75. The highest BCUT2D eigenvalue weighted by Crippen LogP contribution is 2.19. The highest BCUT2D eigenvalue weighted by molar-refractivity contribution is 7.92. The molecule has 1 aliphatic rings. The molecule has 1 aromatic carbocycles. The molecule has 10 nitrogen and oxygen atoms in total. The van der Waals surface area contributed by atoms with Crippen LogP contribution in [0.3, 0.4) is 0 Å². The third-order valence-electron chi connectivity index (χ3n) is 5.15. The number of terminal acetylenes is 1. The molecular weight excluding hydrogens is 480 g/mol. The molecule has 0 N–H and O–H groups in total. The number of carbonyl (C=O) groups is 3. The average Bonchev–Trinajstić information content (AvgIpc) is 3.09. The minimum Gasteiger partial charge on any atom is -0.450 e. The molecule has 2 heterocycles. The molecule has 0 unspecified atom stereocenters. The van der Waals surface area contributed by atoms with E-state index in [0.29, 0.717) is 4.80 Å². The molecule has 3 amide bonds. The lowest BCUT2D eigenvalue weighted by atomic mass is 10.2. The number of sulfone groups is 1. The van der Waals surface area contributed by atoms with Crippen molar-refractivity contribution >= 4 is 49.3 Å². The Morgan fingerprint density at radius 1 is 1.15 bits per heavy atom. The molecular formula is C22H26N4O6S2. The number of piperazine rings is 1. The Kier molecular flexibility index (Phi) is 8.11. The predicted octanol–water partition coefficient (Wildman–Crippen LogP) is 0.787. The number of amides is 3. The largest absolute Gasteiger partial charge is 0.450 e. The number of carbonyl (C=O) groups excluding carboxylic acids is 3. The molecule has 1 aromatic heterocycles. The quantitative estimate of drug-likeness (QED) is 0.535. The zero-order valence-corrected chi connectivity index (χ0v) is 20.7. The van der Waals surface area contributed by atoms with Gasteiger partial charge < -0.3 is 19.1 Å². The number of hydrogen-bond donors (Lipinski definition) is 0. The van der Waals surface area contributed by atoms with Crippen LogP contribution in [0.25, 0.3) is 10.2 Å². The molecule has 3 rings (SSSR count). The van der Waals surface area contributed by atoms with Crippen LogP contribution in [-0.2, 0) is 30.7 Å². The number of thiazole rings is 1. The first kappa shape index (κ1) is 25.5. The first-order valence-corrected chi connectivity index (χ1v) is 13.3. The number of nitrogens with zero attached hydrogens (tertiary/aromatic N) is 4. The number of aromatic nitrogens is 1. The van der Waals surface area contributed by atoms with Gasteiger partial charge in [-0.15, -0.1) is 6.42 Å². The van der Waals surface area contributed by atoms with Crippen LogP contribution in [0.2, 0.25) is 0 Å². The van der Waals surface area contributed by atoms with Crippen LogP contribution in [-0.4, -0.2) is 85.0 Å². The van der Waals surface area contributed by atoms with Gasteiger partial charge in [-0.25, -0.2) is 13.2 Å². The molecule has 0 radical (unpaired) electrons. The molecule has 0 saturated carbocycles. The summed E-state index contributed by atoms with van der Waals surface area (Å²) >= 11 is 1.24. The van der Waals surface area contributed by atoms with Crippen LogP contribution in [0, 0.1) is 19.3 Å². The first-order valence-electron chi connectivity index (χ1n) is 10.6. The predicted molar refractivity (Wildman–Crippen MR) is 128 cm³/mol. The standard InChI is InChI=1S/C22H26N4O6S2/c1-4-8-26-17-7-6-16(3)13-18(17)33-21(26)23-19(27)14-34(30,31)15-20(28)24-9-11-25(12-10-24)22(29)32-5-2/h1,6-7,13H,5,8-12,14-15H2,2-3H3. The Labute approximate surface area is 201 Å². The Morgan fingerprint density at radius 3 is 2.47 bits per heavy atom. The Balaban J connectivity index is 1.67. The van der Waals surface area contributed by atoms with E-state index in [9.17, 15) is 22.8 Å². The molecule has 0 atom stereocenters. The van der Waals surface area contributed by atoms with Gasteiger partial charge in [0.2, 0.25) is 5.91 Å². The summed E-state index contributed by atoms with van der Waals surface area (Å²) in [5.41, 5.74) is 1.84. The summed E-state index contributed by atoms with van der Waals surface area (Å²) in [6.45, 7) is 4.95. The second-order valence-corrected chi connectivity index (χ2v) is 10.8. The van der Waals surface area contributed by atoms with Gasteiger partial charge in [-0.3, -0.25) is 9.59 Å². The van der Waals surface area contributed by atoms with Crippen LogP contribution in [0.1, 0.15) is 12.5 Å². The normalized spacial score (nSPS) is 14.8. The fraction of sp³-hybridized carbons (Fsp3) is 0.455. The van der Waals surface area contributed by atoms with Crippen molar-refractivity contribution in [1.29, 1.82) is 0 Å². The van der Waals surface area contributed by atoms with Gasteiger partial charge in [0.1, 0.15) is 11.5 Å². The lowest BCUT2D eigenvalue weighted by Crippen LogP contribution is -2.52. The van der Waals surface area contributed by atoms with Crippen molar-refractivity contribution in [2.75, 3.05) is 44.3 Å². The van der Waals surface area contributed by atoms with Crippen molar-refractivity contribution in [3.63, 3.8) is 0 Å². The van der Waals surface area contributed by atoms with Crippen molar-refractivity contribution in [2.45, 2.75) is 20.4 Å². The van der Waals surface area contributed by atoms with Crippen LogP contribution >= 0.6 is 11.3 Å². The van der Waals surface area contributed by atoms with Crippen molar-refractivity contribution in [3.8, 4) is 12.3 Å². The second kappa shape index (κ2) is 10.8. The van der Waals surface area contributed by atoms with Gasteiger partial charge in [-0.05, 0) is 31.5 Å². The van der Waals surface area contributed by atoms with Crippen molar-refractivity contribution in [3.05, 3.63) is 28.6 Å². The maximum Gasteiger partial charge on any atom is 0.409 e. The Hall–Kier alpha value is -3.17. The molecule has 182 valence electrons. The van der Waals surface area contributed by atoms with E-state index in [1.165, 1.54) is 21.1 Å². The van der Waals surface area contributed by atoms with Gasteiger partial charge in [0.05, 0.1) is 23.4 Å². The van der Waals surface area contributed by atoms with E-state index in [4.69, 9.17) is 11.2 Å². The Bertz CT molecular complexity index is 1310. The number of fused-ring (bicyclic) bond motifs is 1. The number of benzene rings is 1. The van der Waals surface area contributed by atoms with Gasteiger partial charge in [0.15, 0.2) is 14.6 Å². The van der Waals surface area contributed by atoms with Crippen LogP contribution in [0.5, 0.6) is 0 Å². The molecule has 2 aromatic rings. The van der Waals surface area contributed by atoms with Gasteiger partial charge in [0, 0.05) is 26.2 Å². The van der Waals surface area contributed by atoms with E-state index in [1.807, 2.05) is 25.1 Å². The van der Waals surface area contributed by atoms with Gasteiger partial charge in [0.25, 0.3) is 5.91 Å². The van der Waals surface area contributed by atoms with Crippen LogP contribution in [0.15, 0.2) is 23.2 Å². The zero-order chi connectivity index (χ0) is 24.9. The number of rotatable bonds is 6. The fourth-order valence-electron chi connectivity index (χ4n) is 3.52. The van der Waals surface area contributed by atoms with E-state index in [-0.39, 0.29) is 39.3 Å². The summed E-state index contributed by atoms with van der Waals surface area (Å²) < 4.78 is 32.5. The van der Waals surface area contributed by atoms with E-state index in [0.717, 1.165) is 15.8 Å². The molecule has 1 fully saturated rings. The lowest BCUT2D eigenvalue weighted by molar-refractivity contribution is -0.130. The number of ether oxygens (including phenoxy) is 1. The summed E-state index contributed by atoms with van der Waals surface area (Å²) in [7, 11) is -4.03. The van der Waals surface area contributed by atoms with E-state index >= 15 is 0 Å². The molecule has 0 bridgehead atoms. The monoisotopic (exact) mass is 506 g/mol. The summed E-state index contributed by atoms with van der Waals surface area (Å²) in [6.07, 6.45) is 4.98. The Morgan fingerprint density at radius 2 is 1.82 bits per heavy atom. The van der Waals surface area contributed by atoms with Crippen molar-refractivity contribution in [2.24, 2.45) is 4.99 Å². The number of aryl methyl sites for hydroxylation is 1. The highest BCUT2D eigenvalue weighted by atomic mass is 32.2. The zero-order valence-electron chi connectivity index (χ0n) is 19.0. The topological polar surface area (TPSA) is 118 Å². The summed E-state index contributed by atoms with van der Waals surface area (Å²) in [6, 6.07) is 5.73. The highest BCUT2D eigenvalue weighted by Gasteiger charge is 2.28.